The van der Waals surface area contributed by atoms with Gasteiger partial charge in [-0.15, -0.1) is 0 Å². The summed E-state index contributed by atoms with van der Waals surface area (Å²) in [6.07, 6.45) is 0.738. The van der Waals surface area contributed by atoms with E-state index in [9.17, 15) is 4.79 Å². The number of rotatable bonds is 5. The lowest BCUT2D eigenvalue weighted by atomic mass is 10.2. The number of nitrogens with zero attached hydrogens (tertiary/aromatic N) is 1. The topological polar surface area (TPSA) is 50.7 Å². The first-order valence-corrected chi connectivity index (χ1v) is 8.21. The Morgan fingerprint density at radius 1 is 1.26 bits per heavy atom. The van der Waals surface area contributed by atoms with E-state index in [-0.39, 0.29) is 5.91 Å². The summed E-state index contributed by atoms with van der Waals surface area (Å²) in [5, 5.41) is 4.67. The fourth-order valence-corrected chi connectivity index (χ4v) is 2.27. The molecule has 7 heteroatoms. The summed E-state index contributed by atoms with van der Waals surface area (Å²) >= 11 is 15.3. The molecule has 0 aliphatic heterocycles. The van der Waals surface area contributed by atoms with Gasteiger partial charge in [0.1, 0.15) is 5.75 Å². The number of benzene rings is 2. The third-order valence-corrected chi connectivity index (χ3v) is 4.22. The summed E-state index contributed by atoms with van der Waals surface area (Å²) in [5.74, 6) is 0.222. The second-order valence-corrected chi connectivity index (χ2v) is 6.29. The lowest BCUT2D eigenvalue weighted by Gasteiger charge is -2.12. The molecule has 120 valence electrons. The van der Waals surface area contributed by atoms with Gasteiger partial charge in [-0.1, -0.05) is 51.3 Å². The van der Waals surface area contributed by atoms with Crippen molar-refractivity contribution in [2.75, 3.05) is 0 Å². The molecular weight excluding hydrogens is 403 g/mol. The van der Waals surface area contributed by atoms with Crippen LogP contribution in [0.2, 0.25) is 10.0 Å². The average molecular weight is 416 g/mol. The maximum absolute atomic E-state index is 11.9. The van der Waals surface area contributed by atoms with Gasteiger partial charge in [0.25, 0.3) is 5.91 Å². The highest BCUT2D eigenvalue weighted by molar-refractivity contribution is 9.10. The van der Waals surface area contributed by atoms with Gasteiger partial charge in [-0.2, -0.15) is 5.10 Å². The van der Waals surface area contributed by atoms with Gasteiger partial charge < -0.3 is 4.74 Å². The van der Waals surface area contributed by atoms with Crippen LogP contribution in [0, 0.1) is 0 Å². The van der Waals surface area contributed by atoms with Crippen LogP contribution in [0.3, 0.4) is 0 Å². The SMILES string of the molecule is CC(Oc1ccc(Br)cc1)C(=O)N/N=C/c1cccc(Cl)c1Cl. The van der Waals surface area contributed by atoms with E-state index in [0.29, 0.717) is 21.4 Å². The summed E-state index contributed by atoms with van der Waals surface area (Å²) in [5.41, 5.74) is 3.02. The Morgan fingerprint density at radius 2 is 1.96 bits per heavy atom. The molecular formula is C16H13BrCl2N2O2. The predicted molar refractivity (Wildman–Crippen MR) is 96.4 cm³/mol. The van der Waals surface area contributed by atoms with Crippen molar-refractivity contribution in [2.45, 2.75) is 13.0 Å². The number of carbonyl (C=O) groups excluding carboxylic acids is 1. The van der Waals surface area contributed by atoms with Crippen molar-refractivity contribution in [3.63, 3.8) is 0 Å². The molecule has 0 aromatic heterocycles. The maximum atomic E-state index is 11.9. The molecule has 1 unspecified atom stereocenters. The number of halogens is 3. The quantitative estimate of drug-likeness (QED) is 0.569. The number of nitrogens with one attached hydrogen (secondary N) is 1. The first kappa shape index (κ1) is 17.8. The minimum absolute atomic E-state index is 0.373. The fraction of sp³-hybridized carbons (Fsp3) is 0.125. The van der Waals surface area contributed by atoms with E-state index in [1.54, 1.807) is 37.3 Å². The monoisotopic (exact) mass is 414 g/mol. The molecule has 0 bridgehead atoms. The molecule has 0 radical (unpaired) electrons. The lowest BCUT2D eigenvalue weighted by molar-refractivity contribution is -0.127. The zero-order chi connectivity index (χ0) is 16.8. The van der Waals surface area contributed by atoms with E-state index < -0.39 is 6.10 Å². The van der Waals surface area contributed by atoms with Crippen molar-refractivity contribution < 1.29 is 9.53 Å². The summed E-state index contributed by atoms with van der Waals surface area (Å²) in [6.45, 7) is 1.64. The molecule has 1 N–H and O–H groups in total. The zero-order valence-corrected chi connectivity index (χ0v) is 15.2. The van der Waals surface area contributed by atoms with Crippen LogP contribution >= 0.6 is 39.1 Å². The fourth-order valence-electron chi connectivity index (χ4n) is 1.65. The van der Waals surface area contributed by atoms with Crippen LogP contribution in [0.25, 0.3) is 0 Å². The van der Waals surface area contributed by atoms with Gasteiger partial charge >= 0.3 is 0 Å². The zero-order valence-electron chi connectivity index (χ0n) is 12.1. The smallest absolute Gasteiger partial charge is 0.280 e. The summed E-state index contributed by atoms with van der Waals surface area (Å²) in [6, 6.07) is 12.4. The Hall–Kier alpha value is -1.56. The van der Waals surface area contributed by atoms with Crippen LogP contribution in [0.4, 0.5) is 0 Å². The van der Waals surface area contributed by atoms with Crippen molar-refractivity contribution in [3.05, 3.63) is 62.5 Å². The Bertz CT molecular complexity index is 721. The normalized spacial score (nSPS) is 12.2. The predicted octanol–water partition coefficient (Wildman–Crippen LogP) is 4.67. The molecule has 0 fully saturated rings. The largest absolute Gasteiger partial charge is 0.481 e. The highest BCUT2D eigenvalue weighted by Gasteiger charge is 2.13. The molecule has 0 aliphatic carbocycles. The molecule has 23 heavy (non-hydrogen) atoms. The van der Waals surface area contributed by atoms with E-state index >= 15 is 0 Å². The minimum atomic E-state index is -0.692. The molecule has 0 saturated carbocycles. The van der Waals surface area contributed by atoms with E-state index in [1.807, 2.05) is 12.1 Å². The number of hydrogen-bond acceptors (Lipinski definition) is 3. The Labute approximate surface area is 152 Å². The first-order valence-electron chi connectivity index (χ1n) is 6.66. The van der Waals surface area contributed by atoms with E-state index in [0.717, 1.165) is 4.47 Å². The first-order chi connectivity index (χ1) is 11.0. The third kappa shape index (κ3) is 5.23. The highest BCUT2D eigenvalue weighted by atomic mass is 79.9. The molecule has 0 heterocycles. The van der Waals surface area contributed by atoms with Crippen molar-refractivity contribution in [3.8, 4) is 5.75 Å². The average Bonchev–Trinajstić information content (AvgIpc) is 2.53. The van der Waals surface area contributed by atoms with Crippen LogP contribution in [-0.2, 0) is 4.79 Å². The molecule has 2 aromatic carbocycles. The van der Waals surface area contributed by atoms with Crippen LogP contribution in [0.1, 0.15) is 12.5 Å². The van der Waals surface area contributed by atoms with Crippen LogP contribution in [-0.4, -0.2) is 18.2 Å². The number of hydrazone groups is 1. The molecule has 1 atom stereocenters. The number of amides is 1. The molecule has 2 aromatic rings. The summed E-state index contributed by atoms with van der Waals surface area (Å²) in [4.78, 5) is 11.9. The van der Waals surface area contributed by atoms with Crippen molar-refractivity contribution in [2.24, 2.45) is 5.10 Å². The van der Waals surface area contributed by atoms with Gasteiger partial charge in [-0.05, 0) is 37.3 Å². The second kappa shape index (κ2) is 8.34. The van der Waals surface area contributed by atoms with Crippen molar-refractivity contribution in [1.29, 1.82) is 0 Å². The summed E-state index contributed by atoms with van der Waals surface area (Å²) in [7, 11) is 0. The lowest BCUT2D eigenvalue weighted by Crippen LogP contribution is -2.33. The maximum Gasteiger partial charge on any atom is 0.280 e. The van der Waals surface area contributed by atoms with Crippen molar-refractivity contribution >= 4 is 51.3 Å². The van der Waals surface area contributed by atoms with Gasteiger partial charge in [0, 0.05) is 10.0 Å². The standard InChI is InChI=1S/C16H13BrCl2N2O2/c1-10(23-13-7-5-12(17)6-8-13)16(22)21-20-9-11-3-2-4-14(18)15(11)19/h2-10H,1H3,(H,21,22)/b20-9+. The molecule has 0 saturated heterocycles. The molecule has 0 spiro atoms. The van der Waals surface area contributed by atoms with E-state index in [2.05, 4.69) is 26.5 Å². The van der Waals surface area contributed by atoms with Gasteiger partial charge in [0.2, 0.25) is 0 Å². The Morgan fingerprint density at radius 3 is 2.65 bits per heavy atom. The number of hydrogen-bond donors (Lipinski definition) is 1. The van der Waals surface area contributed by atoms with Crippen molar-refractivity contribution in [1.82, 2.24) is 5.43 Å². The summed E-state index contributed by atoms with van der Waals surface area (Å²) < 4.78 is 6.46. The number of ether oxygens (including phenoxy) is 1. The van der Waals surface area contributed by atoms with Gasteiger partial charge in [-0.3, -0.25) is 4.79 Å². The highest BCUT2D eigenvalue weighted by Crippen LogP contribution is 2.24. The van der Waals surface area contributed by atoms with Gasteiger partial charge in [0.05, 0.1) is 16.3 Å². The molecule has 2 rings (SSSR count). The van der Waals surface area contributed by atoms with Gasteiger partial charge in [0.15, 0.2) is 6.10 Å². The van der Waals surface area contributed by atoms with Gasteiger partial charge in [-0.25, -0.2) is 5.43 Å². The Balaban J connectivity index is 1.92. The van der Waals surface area contributed by atoms with E-state index in [4.69, 9.17) is 27.9 Å². The molecule has 0 aliphatic rings. The Kier molecular flexibility index (Phi) is 6.45. The van der Waals surface area contributed by atoms with Crippen LogP contribution in [0.15, 0.2) is 52.0 Å². The van der Waals surface area contributed by atoms with E-state index in [1.165, 1.54) is 6.21 Å². The van der Waals surface area contributed by atoms with Crippen LogP contribution < -0.4 is 10.2 Å². The second-order valence-electron chi connectivity index (χ2n) is 4.59. The number of carbonyl (C=O) groups is 1. The molecule has 4 nitrogen and oxygen atoms in total. The van der Waals surface area contributed by atoms with Crippen LogP contribution in [0.5, 0.6) is 5.75 Å². The molecule has 1 amide bonds. The minimum Gasteiger partial charge on any atom is -0.481 e. The third-order valence-electron chi connectivity index (χ3n) is 2.86.